The van der Waals surface area contributed by atoms with Crippen LogP contribution in [0.15, 0.2) is 45.9 Å². The number of hydrogen-bond donors (Lipinski definition) is 2. The number of anilines is 1. The molecule has 0 bridgehead atoms. The minimum Gasteiger partial charge on any atom is -0.481 e. The predicted octanol–water partition coefficient (Wildman–Crippen LogP) is 10.2. The number of nitrogen functional groups attached to an aromatic ring is 1. The topological polar surface area (TPSA) is 165 Å². The van der Waals surface area contributed by atoms with Crippen molar-refractivity contribution in [3.05, 3.63) is 51.4 Å². The van der Waals surface area contributed by atoms with Crippen molar-refractivity contribution in [3.8, 4) is 0 Å². The molecule has 308 valence electrons. The van der Waals surface area contributed by atoms with E-state index in [9.17, 15) is 19.2 Å². The van der Waals surface area contributed by atoms with Crippen molar-refractivity contribution in [2.45, 2.75) is 119 Å². The summed E-state index contributed by atoms with van der Waals surface area (Å²) in [6.45, 7) is 15.7. The number of nitrogens with zero attached hydrogens (tertiary/aromatic N) is 4. The van der Waals surface area contributed by atoms with Crippen molar-refractivity contribution >= 4 is 84.1 Å². The van der Waals surface area contributed by atoms with Crippen LogP contribution in [0.2, 0.25) is 0 Å². The number of alkyl halides is 1. The number of aromatic nitrogens is 2. The Kier molecular flexibility index (Phi) is 26.9. The molecule has 2 aliphatic rings. The van der Waals surface area contributed by atoms with E-state index in [1.165, 1.54) is 4.43 Å². The number of pyridine rings is 2. The Balaban J connectivity index is 0. The van der Waals surface area contributed by atoms with E-state index in [4.69, 9.17) is 20.3 Å². The van der Waals surface area contributed by atoms with Gasteiger partial charge in [-0.1, -0.05) is 44.4 Å². The molecule has 54 heavy (non-hydrogen) atoms. The number of halogens is 3. The first kappa shape index (κ1) is 53.6. The number of ether oxygens (including phenoxy) is 2. The zero-order chi connectivity index (χ0) is 39.5. The van der Waals surface area contributed by atoms with Gasteiger partial charge in [-0.3, -0.25) is 19.6 Å². The minimum absolute atomic E-state index is 0. The second kappa shape index (κ2) is 27.1. The van der Waals surface area contributed by atoms with E-state index in [2.05, 4.69) is 71.3 Å². The molecule has 12 nitrogen and oxygen atoms in total. The summed E-state index contributed by atoms with van der Waals surface area (Å²) in [6, 6.07) is 3.73. The van der Waals surface area contributed by atoms with Crippen LogP contribution in [0, 0.1) is 11.8 Å². The monoisotopic (exact) mass is 999 g/mol. The number of hydrogen-bond acceptors (Lipinski definition) is 9. The summed E-state index contributed by atoms with van der Waals surface area (Å²) in [7, 11) is 0. The Bertz CT molecular complexity index is 1390. The molecule has 4 rings (SSSR count). The molecule has 0 atom stereocenters. The third kappa shape index (κ3) is 25.5. The molecule has 2 fully saturated rings. The predicted molar refractivity (Wildman–Crippen MR) is 233 cm³/mol. The standard InChI is InChI=1S/C18H25BrN2O3.C12H21NO4.C5H5BrN2.C2H5I.2CH4/c1-18(2,3)24-17(23)21-6-4-13(5-7-21)9-16(22)10-14-8-15(19)12-20-11-14;1-12(2,3)17-11(16)13-6-4-9(5-7-13)8-10(14)15;6-4-1-5(7)3-8-2-4;1-2-3;;/h8,11-13H,4-7,9-10H2,1-3H3;9H,4-8H2,1-3H3,(H,14,15);1-3H,7H2;2H2,1H3;2*1H4. The van der Waals surface area contributed by atoms with Crippen molar-refractivity contribution in [2.24, 2.45) is 11.8 Å². The van der Waals surface area contributed by atoms with Crippen LogP contribution in [-0.4, -0.2) is 90.6 Å². The minimum atomic E-state index is -0.763. The number of rotatable bonds is 6. The van der Waals surface area contributed by atoms with E-state index in [0.29, 0.717) is 50.6 Å². The molecule has 3 N–H and O–H groups in total. The summed E-state index contributed by atoms with van der Waals surface area (Å²) in [5, 5.41) is 8.69. The second-order valence-electron chi connectivity index (χ2n) is 14.6. The smallest absolute Gasteiger partial charge is 0.410 e. The lowest BCUT2D eigenvalue weighted by molar-refractivity contribution is -0.138. The van der Waals surface area contributed by atoms with Crippen LogP contribution in [-0.2, 0) is 25.5 Å². The van der Waals surface area contributed by atoms with Gasteiger partial charge in [0.2, 0.25) is 0 Å². The van der Waals surface area contributed by atoms with E-state index in [0.717, 1.165) is 40.2 Å². The summed E-state index contributed by atoms with van der Waals surface area (Å²) < 4.78 is 13.7. The maximum absolute atomic E-state index is 12.2. The molecule has 0 spiro atoms. The van der Waals surface area contributed by atoms with Gasteiger partial charge < -0.3 is 30.1 Å². The Labute approximate surface area is 354 Å². The van der Waals surface area contributed by atoms with E-state index in [1.807, 2.05) is 47.6 Å². The first-order valence-electron chi connectivity index (χ1n) is 17.4. The number of likely N-dealkylation sites (tertiary alicyclic amines) is 2. The zero-order valence-corrected chi connectivity index (χ0v) is 36.8. The Morgan fingerprint density at radius 2 is 1.17 bits per heavy atom. The lowest BCUT2D eigenvalue weighted by Gasteiger charge is -2.33. The number of piperidine rings is 2. The highest BCUT2D eigenvalue weighted by Crippen LogP contribution is 2.24. The summed E-state index contributed by atoms with van der Waals surface area (Å²) >= 11 is 8.88. The van der Waals surface area contributed by atoms with Crippen LogP contribution in [0.4, 0.5) is 15.3 Å². The van der Waals surface area contributed by atoms with Crippen LogP contribution in [0.5, 0.6) is 0 Å². The molecular weight excluding hydrogens is 937 g/mol. The van der Waals surface area contributed by atoms with E-state index in [1.54, 1.807) is 40.7 Å². The van der Waals surface area contributed by atoms with Crippen molar-refractivity contribution in [2.75, 3.05) is 36.3 Å². The van der Waals surface area contributed by atoms with Crippen LogP contribution in [0.25, 0.3) is 0 Å². The zero-order valence-electron chi connectivity index (χ0n) is 31.5. The third-order valence-corrected chi connectivity index (χ3v) is 8.27. The highest BCUT2D eigenvalue weighted by Gasteiger charge is 2.29. The normalized spacial score (nSPS) is 14.5. The fraction of sp³-hybridized carbons (Fsp3) is 0.641. The van der Waals surface area contributed by atoms with E-state index >= 15 is 0 Å². The van der Waals surface area contributed by atoms with Gasteiger partial charge >= 0.3 is 18.2 Å². The fourth-order valence-corrected chi connectivity index (χ4v) is 5.94. The number of amides is 2. The maximum Gasteiger partial charge on any atom is 0.410 e. The highest BCUT2D eigenvalue weighted by molar-refractivity contribution is 14.1. The van der Waals surface area contributed by atoms with Gasteiger partial charge in [0.15, 0.2) is 0 Å². The molecule has 0 aliphatic carbocycles. The van der Waals surface area contributed by atoms with Gasteiger partial charge in [0.05, 0.1) is 5.69 Å². The highest BCUT2D eigenvalue weighted by atomic mass is 127. The summed E-state index contributed by atoms with van der Waals surface area (Å²) in [6.07, 6.45) is 10.5. The molecule has 0 radical (unpaired) electrons. The SMILES string of the molecule is C.C.CC(C)(C)OC(=O)N1CCC(CC(=O)Cc2cncc(Br)c2)CC1.CC(C)(C)OC(=O)N1CCC(CC(=O)O)CC1.CCI.Nc1cncc(Br)c1. The lowest BCUT2D eigenvalue weighted by Crippen LogP contribution is -2.42. The van der Waals surface area contributed by atoms with Crippen molar-refractivity contribution < 1.29 is 33.8 Å². The molecule has 15 heteroatoms. The quantitative estimate of drug-likeness (QED) is 0.210. The molecular formula is C39H64Br2IN5O7. The fourth-order valence-electron chi connectivity index (χ4n) is 5.14. The van der Waals surface area contributed by atoms with Gasteiger partial charge in [-0.05, 0) is 133 Å². The summed E-state index contributed by atoms with van der Waals surface area (Å²) in [5.74, 6) is -0.00572. The largest absolute Gasteiger partial charge is 0.481 e. The number of Topliss-reactive ketones (excluding diaryl/α,β-unsaturated/α-hetero) is 1. The first-order chi connectivity index (χ1) is 24.2. The summed E-state index contributed by atoms with van der Waals surface area (Å²) in [5.41, 5.74) is 6.03. The van der Waals surface area contributed by atoms with Crippen molar-refractivity contribution in [3.63, 3.8) is 0 Å². The lowest BCUT2D eigenvalue weighted by atomic mass is 9.90. The van der Waals surface area contributed by atoms with Gasteiger partial charge in [-0.2, -0.15) is 0 Å². The number of carbonyl (C=O) groups is 4. The third-order valence-electron chi connectivity index (χ3n) is 7.40. The number of aliphatic carboxylic acids is 1. The van der Waals surface area contributed by atoms with Crippen molar-refractivity contribution in [1.82, 2.24) is 19.8 Å². The average molecular weight is 1000 g/mol. The average Bonchev–Trinajstić information content (AvgIpc) is 3.01. The molecule has 2 aromatic rings. The Morgan fingerprint density at radius 1 is 0.778 bits per heavy atom. The van der Waals surface area contributed by atoms with Crippen LogP contribution in [0.1, 0.15) is 107 Å². The number of nitrogens with two attached hydrogens (primary N) is 1. The number of carbonyl (C=O) groups excluding carboxylic acids is 3. The van der Waals surface area contributed by atoms with Gasteiger partial charge in [-0.25, -0.2) is 9.59 Å². The maximum atomic E-state index is 12.2. The molecule has 2 amide bonds. The van der Waals surface area contributed by atoms with Gasteiger partial charge in [-0.15, -0.1) is 0 Å². The molecule has 2 saturated heterocycles. The molecule has 2 aromatic heterocycles. The van der Waals surface area contributed by atoms with E-state index in [-0.39, 0.29) is 45.2 Å². The number of carboxylic acids is 1. The second-order valence-corrected chi connectivity index (χ2v) is 17.9. The van der Waals surface area contributed by atoms with Crippen LogP contribution < -0.4 is 5.73 Å². The molecule has 0 saturated carbocycles. The molecule has 4 heterocycles. The van der Waals surface area contributed by atoms with Gasteiger partial charge in [0.25, 0.3) is 0 Å². The van der Waals surface area contributed by atoms with Crippen LogP contribution in [0.3, 0.4) is 0 Å². The van der Waals surface area contributed by atoms with Crippen molar-refractivity contribution in [1.29, 1.82) is 0 Å². The molecule has 0 unspecified atom stereocenters. The van der Waals surface area contributed by atoms with Crippen LogP contribution >= 0.6 is 54.5 Å². The van der Waals surface area contributed by atoms with E-state index < -0.39 is 17.2 Å². The Hall–Kier alpha value is -2.53. The number of ketones is 1. The first-order valence-corrected chi connectivity index (χ1v) is 20.5. The Morgan fingerprint density at radius 3 is 1.50 bits per heavy atom. The van der Waals surface area contributed by atoms with Gasteiger partial charge in [0.1, 0.15) is 17.0 Å². The molecule has 0 aromatic carbocycles. The van der Waals surface area contributed by atoms with Gasteiger partial charge in [0, 0.05) is 79.2 Å². The molecule has 2 aliphatic heterocycles. The number of carboxylic acid groups (broad SMARTS) is 1. The summed E-state index contributed by atoms with van der Waals surface area (Å²) in [4.78, 5) is 57.9.